The van der Waals surface area contributed by atoms with Crippen LogP contribution in [0.4, 0.5) is 0 Å². The van der Waals surface area contributed by atoms with E-state index in [1.807, 2.05) is 0 Å². The lowest BCUT2D eigenvalue weighted by Crippen LogP contribution is -2.46. The Morgan fingerprint density at radius 1 is 1.80 bits per heavy atom. The van der Waals surface area contributed by atoms with E-state index in [1.165, 1.54) is 0 Å². The van der Waals surface area contributed by atoms with Gasteiger partial charge in [0.2, 0.25) is 5.91 Å². The predicted octanol–water partition coefficient (Wildman–Crippen LogP) is 0.00230. The lowest BCUT2D eigenvalue weighted by Gasteiger charge is -2.26. The van der Waals surface area contributed by atoms with Crippen LogP contribution in [-0.4, -0.2) is 18.0 Å². The summed E-state index contributed by atoms with van der Waals surface area (Å²) in [5.74, 6) is 0.102. The van der Waals surface area contributed by atoms with E-state index in [9.17, 15) is 4.79 Å². The van der Waals surface area contributed by atoms with Gasteiger partial charge in [-0.1, -0.05) is 6.92 Å². The molecule has 1 fully saturated rings. The molecule has 3 heteroatoms. The van der Waals surface area contributed by atoms with Crippen LogP contribution in [-0.2, 0) is 4.79 Å². The summed E-state index contributed by atoms with van der Waals surface area (Å²) in [6, 6.07) is 0.398. The van der Waals surface area contributed by atoms with Gasteiger partial charge in [0.05, 0.1) is 0 Å². The van der Waals surface area contributed by atoms with Gasteiger partial charge in [0.25, 0.3) is 0 Å². The van der Waals surface area contributed by atoms with Crippen molar-refractivity contribution in [3.63, 3.8) is 0 Å². The van der Waals surface area contributed by atoms with Crippen LogP contribution in [0.5, 0.6) is 0 Å². The maximum absolute atomic E-state index is 10.9. The van der Waals surface area contributed by atoms with Crippen molar-refractivity contribution in [2.45, 2.75) is 38.3 Å². The maximum Gasteiger partial charge on any atom is 0.221 e. The van der Waals surface area contributed by atoms with Crippen LogP contribution >= 0.6 is 0 Å². The standard InChI is InChI=1S/C7H14N2O/c1-2-6-3-5(8)4-7(10)9-6/h5-6H,2-4,8H2,1H3,(H,9,10). The van der Waals surface area contributed by atoms with Crippen LogP contribution < -0.4 is 11.1 Å². The smallest absolute Gasteiger partial charge is 0.221 e. The first-order valence-electron chi connectivity index (χ1n) is 3.77. The van der Waals surface area contributed by atoms with E-state index in [-0.39, 0.29) is 11.9 Å². The van der Waals surface area contributed by atoms with E-state index in [0.29, 0.717) is 12.5 Å². The monoisotopic (exact) mass is 142 g/mol. The summed E-state index contributed by atoms with van der Waals surface area (Å²) in [4.78, 5) is 10.9. The highest BCUT2D eigenvalue weighted by atomic mass is 16.1. The fourth-order valence-electron chi connectivity index (χ4n) is 1.30. The summed E-state index contributed by atoms with van der Waals surface area (Å²) in [7, 11) is 0. The number of carbonyl (C=O) groups is 1. The highest BCUT2D eigenvalue weighted by Crippen LogP contribution is 2.09. The molecular formula is C7H14N2O. The molecule has 3 nitrogen and oxygen atoms in total. The van der Waals surface area contributed by atoms with Crippen molar-refractivity contribution in [3.8, 4) is 0 Å². The first-order chi connectivity index (χ1) is 4.72. The van der Waals surface area contributed by atoms with Gasteiger partial charge in [-0.3, -0.25) is 4.79 Å². The molecule has 3 N–H and O–H groups in total. The molecule has 1 rings (SSSR count). The molecule has 2 atom stereocenters. The quantitative estimate of drug-likeness (QED) is 0.541. The van der Waals surface area contributed by atoms with Crippen LogP contribution in [0.1, 0.15) is 26.2 Å². The van der Waals surface area contributed by atoms with Gasteiger partial charge in [0.15, 0.2) is 0 Å². The molecule has 0 bridgehead atoms. The zero-order chi connectivity index (χ0) is 7.56. The van der Waals surface area contributed by atoms with Crippen molar-refractivity contribution in [3.05, 3.63) is 0 Å². The molecule has 0 radical (unpaired) electrons. The zero-order valence-electron chi connectivity index (χ0n) is 6.26. The van der Waals surface area contributed by atoms with Crippen LogP contribution in [0, 0.1) is 0 Å². The van der Waals surface area contributed by atoms with Crippen molar-refractivity contribution < 1.29 is 4.79 Å². The Morgan fingerprint density at radius 2 is 2.50 bits per heavy atom. The van der Waals surface area contributed by atoms with Crippen molar-refractivity contribution in [1.29, 1.82) is 0 Å². The summed E-state index contributed by atoms with van der Waals surface area (Å²) in [6.45, 7) is 2.06. The summed E-state index contributed by atoms with van der Waals surface area (Å²) < 4.78 is 0. The predicted molar refractivity (Wildman–Crippen MR) is 39.4 cm³/mol. The molecule has 0 spiro atoms. The van der Waals surface area contributed by atoms with Crippen LogP contribution in [0.2, 0.25) is 0 Å². The Labute approximate surface area is 61.0 Å². The van der Waals surface area contributed by atoms with Gasteiger partial charge >= 0.3 is 0 Å². The number of rotatable bonds is 1. The summed E-state index contributed by atoms with van der Waals surface area (Å²) in [5.41, 5.74) is 5.63. The third-order valence-electron chi connectivity index (χ3n) is 1.89. The lowest BCUT2D eigenvalue weighted by atomic mass is 9.98. The molecule has 0 aromatic carbocycles. The Hall–Kier alpha value is -0.570. The Balaban J connectivity index is 2.42. The van der Waals surface area contributed by atoms with Gasteiger partial charge in [-0.05, 0) is 12.8 Å². The van der Waals surface area contributed by atoms with Gasteiger partial charge < -0.3 is 11.1 Å². The van der Waals surface area contributed by atoms with Crippen LogP contribution in [0.3, 0.4) is 0 Å². The Bertz CT molecular complexity index is 136. The number of piperidine rings is 1. The van der Waals surface area contributed by atoms with Crippen molar-refractivity contribution in [2.24, 2.45) is 5.73 Å². The molecule has 0 aromatic rings. The summed E-state index contributed by atoms with van der Waals surface area (Å²) in [6.07, 6.45) is 2.41. The Kier molecular flexibility index (Phi) is 2.27. The Morgan fingerprint density at radius 3 is 3.00 bits per heavy atom. The van der Waals surface area contributed by atoms with E-state index in [4.69, 9.17) is 5.73 Å². The first-order valence-corrected chi connectivity index (χ1v) is 3.77. The minimum atomic E-state index is 0.0821. The number of nitrogens with two attached hydrogens (primary N) is 1. The molecule has 0 aromatic heterocycles. The average molecular weight is 142 g/mol. The second kappa shape index (κ2) is 3.01. The topological polar surface area (TPSA) is 55.1 Å². The van der Waals surface area contributed by atoms with E-state index in [2.05, 4.69) is 12.2 Å². The van der Waals surface area contributed by atoms with E-state index in [0.717, 1.165) is 12.8 Å². The highest BCUT2D eigenvalue weighted by Gasteiger charge is 2.21. The molecule has 1 aliphatic rings. The number of hydrogen-bond donors (Lipinski definition) is 2. The number of amides is 1. The second-order valence-electron chi connectivity index (χ2n) is 2.87. The van der Waals surface area contributed by atoms with Gasteiger partial charge in [0.1, 0.15) is 0 Å². The summed E-state index contributed by atoms with van der Waals surface area (Å²) in [5, 5.41) is 2.88. The van der Waals surface area contributed by atoms with E-state index >= 15 is 0 Å². The highest BCUT2D eigenvalue weighted by molar-refractivity contribution is 5.77. The second-order valence-corrected chi connectivity index (χ2v) is 2.87. The fourth-order valence-corrected chi connectivity index (χ4v) is 1.30. The molecule has 10 heavy (non-hydrogen) atoms. The van der Waals surface area contributed by atoms with Gasteiger partial charge in [-0.2, -0.15) is 0 Å². The number of nitrogens with one attached hydrogen (secondary N) is 1. The molecule has 1 heterocycles. The minimum Gasteiger partial charge on any atom is -0.353 e. The lowest BCUT2D eigenvalue weighted by molar-refractivity contribution is -0.123. The molecule has 1 saturated heterocycles. The van der Waals surface area contributed by atoms with Crippen molar-refractivity contribution in [1.82, 2.24) is 5.32 Å². The molecule has 1 aliphatic heterocycles. The van der Waals surface area contributed by atoms with E-state index < -0.39 is 0 Å². The normalized spacial score (nSPS) is 33.6. The van der Waals surface area contributed by atoms with Gasteiger partial charge in [-0.25, -0.2) is 0 Å². The summed E-state index contributed by atoms with van der Waals surface area (Å²) >= 11 is 0. The average Bonchev–Trinajstić information content (AvgIpc) is 1.85. The molecular weight excluding hydrogens is 128 g/mol. The SMILES string of the molecule is CCC1CC(N)CC(=O)N1. The number of carbonyl (C=O) groups excluding carboxylic acids is 1. The third-order valence-corrected chi connectivity index (χ3v) is 1.89. The van der Waals surface area contributed by atoms with Gasteiger partial charge in [0, 0.05) is 18.5 Å². The van der Waals surface area contributed by atoms with Crippen molar-refractivity contribution >= 4 is 5.91 Å². The maximum atomic E-state index is 10.9. The van der Waals surface area contributed by atoms with Crippen molar-refractivity contribution in [2.75, 3.05) is 0 Å². The van der Waals surface area contributed by atoms with Crippen LogP contribution in [0.25, 0.3) is 0 Å². The number of hydrogen-bond acceptors (Lipinski definition) is 2. The minimum absolute atomic E-state index is 0.0821. The first kappa shape index (κ1) is 7.54. The largest absolute Gasteiger partial charge is 0.353 e. The molecule has 0 saturated carbocycles. The molecule has 1 amide bonds. The zero-order valence-corrected chi connectivity index (χ0v) is 6.26. The molecule has 58 valence electrons. The van der Waals surface area contributed by atoms with E-state index in [1.54, 1.807) is 0 Å². The third kappa shape index (κ3) is 1.70. The fraction of sp³-hybridized carbons (Fsp3) is 0.857. The molecule has 0 aliphatic carbocycles. The molecule has 2 unspecified atom stereocenters. The van der Waals surface area contributed by atoms with Crippen LogP contribution in [0.15, 0.2) is 0 Å². The van der Waals surface area contributed by atoms with Gasteiger partial charge in [-0.15, -0.1) is 0 Å².